The predicted octanol–water partition coefficient (Wildman–Crippen LogP) is 4.63. The van der Waals surface area contributed by atoms with Crippen LogP contribution in [0.2, 0.25) is 5.02 Å². The molecule has 0 aromatic heterocycles. The van der Waals surface area contributed by atoms with Crippen molar-refractivity contribution in [2.75, 3.05) is 0 Å². The number of ether oxygens (including phenoxy) is 1. The minimum absolute atomic E-state index is 0.0488. The standard InChI is InChI=1S/C13H9BrClF2NO/c14-8-1-2-12(9(15)5-8)19-13-10(16)3-7(6-18)4-11(13)17/h1-5H,6,18H2. The van der Waals surface area contributed by atoms with Crippen LogP contribution >= 0.6 is 27.5 Å². The highest BCUT2D eigenvalue weighted by Gasteiger charge is 2.14. The van der Waals surface area contributed by atoms with Crippen molar-refractivity contribution in [3.8, 4) is 11.5 Å². The fraction of sp³-hybridized carbons (Fsp3) is 0.0769. The van der Waals surface area contributed by atoms with Crippen molar-refractivity contribution in [3.05, 3.63) is 57.0 Å². The van der Waals surface area contributed by atoms with Gasteiger partial charge in [-0.2, -0.15) is 0 Å². The molecule has 0 heterocycles. The van der Waals surface area contributed by atoms with E-state index < -0.39 is 17.4 Å². The van der Waals surface area contributed by atoms with Gasteiger partial charge in [0, 0.05) is 11.0 Å². The summed E-state index contributed by atoms with van der Waals surface area (Å²) >= 11 is 9.15. The first-order valence-corrected chi connectivity index (χ1v) is 6.49. The summed E-state index contributed by atoms with van der Waals surface area (Å²) in [5.74, 6) is -1.97. The molecule has 2 aromatic carbocycles. The van der Waals surface area contributed by atoms with Gasteiger partial charge in [0.05, 0.1) is 5.02 Å². The maximum atomic E-state index is 13.7. The van der Waals surface area contributed by atoms with Crippen molar-refractivity contribution >= 4 is 27.5 Å². The quantitative estimate of drug-likeness (QED) is 0.877. The number of nitrogens with two attached hydrogens (primary N) is 1. The molecule has 0 aliphatic heterocycles. The topological polar surface area (TPSA) is 35.2 Å². The van der Waals surface area contributed by atoms with E-state index in [0.717, 1.165) is 16.6 Å². The number of halogens is 4. The fourth-order valence-electron chi connectivity index (χ4n) is 1.50. The molecule has 0 aliphatic carbocycles. The smallest absolute Gasteiger partial charge is 0.198 e. The number of benzene rings is 2. The summed E-state index contributed by atoms with van der Waals surface area (Å²) in [6.07, 6.45) is 0. The fourth-order valence-corrected chi connectivity index (χ4v) is 2.21. The van der Waals surface area contributed by atoms with Crippen LogP contribution in [0.4, 0.5) is 8.78 Å². The lowest BCUT2D eigenvalue weighted by atomic mass is 10.2. The molecule has 2 rings (SSSR count). The summed E-state index contributed by atoms with van der Waals surface area (Å²) in [6.45, 7) is 0.0488. The Morgan fingerprint density at radius 2 is 1.79 bits per heavy atom. The lowest BCUT2D eigenvalue weighted by Gasteiger charge is -2.10. The van der Waals surface area contributed by atoms with Gasteiger partial charge in [-0.05, 0) is 35.9 Å². The highest BCUT2D eigenvalue weighted by atomic mass is 79.9. The largest absolute Gasteiger partial charge is 0.450 e. The average molecular weight is 349 g/mol. The first kappa shape index (κ1) is 14.2. The van der Waals surface area contributed by atoms with Crippen LogP contribution in [0.1, 0.15) is 5.56 Å². The zero-order chi connectivity index (χ0) is 14.0. The molecule has 2 aromatic rings. The summed E-state index contributed by atoms with van der Waals surface area (Å²) in [4.78, 5) is 0. The van der Waals surface area contributed by atoms with Crippen molar-refractivity contribution in [1.82, 2.24) is 0 Å². The Morgan fingerprint density at radius 3 is 2.32 bits per heavy atom. The Kier molecular flexibility index (Phi) is 4.39. The SMILES string of the molecule is NCc1cc(F)c(Oc2ccc(Br)cc2Cl)c(F)c1. The lowest BCUT2D eigenvalue weighted by molar-refractivity contribution is 0.406. The normalized spacial score (nSPS) is 10.6. The van der Waals surface area contributed by atoms with E-state index in [1.54, 1.807) is 12.1 Å². The Morgan fingerprint density at radius 1 is 1.16 bits per heavy atom. The van der Waals surface area contributed by atoms with Crippen LogP contribution in [-0.2, 0) is 6.54 Å². The van der Waals surface area contributed by atoms with Crippen molar-refractivity contribution in [3.63, 3.8) is 0 Å². The van der Waals surface area contributed by atoms with E-state index in [1.807, 2.05) is 0 Å². The molecule has 2 nitrogen and oxygen atoms in total. The molecule has 0 amide bonds. The highest BCUT2D eigenvalue weighted by molar-refractivity contribution is 9.10. The van der Waals surface area contributed by atoms with Gasteiger partial charge in [-0.3, -0.25) is 0 Å². The van der Waals surface area contributed by atoms with Crippen LogP contribution in [0.5, 0.6) is 11.5 Å². The molecule has 0 saturated heterocycles. The Labute approximate surface area is 122 Å². The van der Waals surface area contributed by atoms with Crippen LogP contribution in [0.25, 0.3) is 0 Å². The number of rotatable bonds is 3. The van der Waals surface area contributed by atoms with Crippen molar-refractivity contribution in [2.24, 2.45) is 5.73 Å². The van der Waals surface area contributed by atoms with E-state index in [9.17, 15) is 8.78 Å². The predicted molar refractivity (Wildman–Crippen MR) is 73.5 cm³/mol. The van der Waals surface area contributed by atoms with Gasteiger partial charge in [0.25, 0.3) is 0 Å². The third kappa shape index (κ3) is 3.23. The molecule has 6 heteroatoms. The van der Waals surface area contributed by atoms with Gasteiger partial charge in [-0.1, -0.05) is 27.5 Å². The minimum atomic E-state index is -0.820. The summed E-state index contributed by atoms with van der Waals surface area (Å²) in [5.41, 5.74) is 5.68. The molecule has 2 N–H and O–H groups in total. The monoisotopic (exact) mass is 347 g/mol. The van der Waals surface area contributed by atoms with Crippen LogP contribution in [-0.4, -0.2) is 0 Å². The molecule has 0 saturated carbocycles. The zero-order valence-corrected chi connectivity index (χ0v) is 11.9. The molecule has 0 atom stereocenters. The average Bonchev–Trinajstić information content (AvgIpc) is 2.35. The number of hydrogen-bond acceptors (Lipinski definition) is 2. The van der Waals surface area contributed by atoms with Gasteiger partial charge in [-0.15, -0.1) is 0 Å². The lowest BCUT2D eigenvalue weighted by Crippen LogP contribution is -2.00. The van der Waals surface area contributed by atoms with Gasteiger partial charge in [0.15, 0.2) is 17.4 Å². The summed E-state index contributed by atoms with van der Waals surface area (Å²) < 4.78 is 33.4. The molecule has 0 radical (unpaired) electrons. The first-order valence-electron chi connectivity index (χ1n) is 5.32. The van der Waals surface area contributed by atoms with E-state index in [4.69, 9.17) is 22.1 Å². The van der Waals surface area contributed by atoms with E-state index in [2.05, 4.69) is 15.9 Å². The van der Waals surface area contributed by atoms with Crippen LogP contribution in [0.3, 0.4) is 0 Å². The van der Waals surface area contributed by atoms with Crippen LogP contribution < -0.4 is 10.5 Å². The third-order valence-electron chi connectivity index (χ3n) is 2.40. The van der Waals surface area contributed by atoms with Crippen molar-refractivity contribution < 1.29 is 13.5 Å². The van der Waals surface area contributed by atoms with Gasteiger partial charge in [0.1, 0.15) is 5.75 Å². The summed E-state index contributed by atoms with van der Waals surface area (Å²) in [7, 11) is 0. The van der Waals surface area contributed by atoms with Gasteiger partial charge in [0.2, 0.25) is 0 Å². The molecule has 0 fully saturated rings. The van der Waals surface area contributed by atoms with Gasteiger partial charge in [-0.25, -0.2) is 8.78 Å². The molecule has 19 heavy (non-hydrogen) atoms. The number of hydrogen-bond donors (Lipinski definition) is 1. The second kappa shape index (κ2) is 5.86. The van der Waals surface area contributed by atoms with E-state index >= 15 is 0 Å². The Balaban J connectivity index is 2.38. The second-order valence-corrected chi connectivity index (χ2v) is 5.09. The second-order valence-electron chi connectivity index (χ2n) is 3.77. The van der Waals surface area contributed by atoms with E-state index in [0.29, 0.717) is 5.56 Å². The van der Waals surface area contributed by atoms with Gasteiger partial charge >= 0.3 is 0 Å². The van der Waals surface area contributed by atoms with Crippen LogP contribution in [0.15, 0.2) is 34.8 Å². The summed E-state index contributed by atoms with van der Waals surface area (Å²) in [6, 6.07) is 7.00. The van der Waals surface area contributed by atoms with E-state index in [-0.39, 0.29) is 17.3 Å². The molecular formula is C13H9BrClF2NO. The minimum Gasteiger partial charge on any atom is -0.450 e. The Hall–Kier alpha value is -1.17. The zero-order valence-electron chi connectivity index (χ0n) is 9.59. The molecular weight excluding hydrogens is 340 g/mol. The van der Waals surface area contributed by atoms with Gasteiger partial charge < -0.3 is 10.5 Å². The highest BCUT2D eigenvalue weighted by Crippen LogP contribution is 2.34. The Bertz CT molecular complexity index is 599. The molecule has 100 valence electrons. The maximum Gasteiger partial charge on any atom is 0.198 e. The summed E-state index contributed by atoms with van der Waals surface area (Å²) in [5, 5.41) is 0.246. The van der Waals surface area contributed by atoms with E-state index in [1.165, 1.54) is 6.07 Å². The molecule has 0 unspecified atom stereocenters. The molecule has 0 bridgehead atoms. The third-order valence-corrected chi connectivity index (χ3v) is 3.19. The first-order chi connectivity index (χ1) is 9.01. The van der Waals surface area contributed by atoms with Crippen molar-refractivity contribution in [2.45, 2.75) is 6.54 Å². The molecule has 0 aliphatic rings. The van der Waals surface area contributed by atoms with Crippen molar-refractivity contribution in [1.29, 1.82) is 0 Å². The maximum absolute atomic E-state index is 13.7. The molecule has 0 spiro atoms. The van der Waals surface area contributed by atoms with Crippen LogP contribution in [0, 0.1) is 11.6 Å².